The van der Waals surface area contributed by atoms with Crippen LogP contribution < -0.4 is 10.2 Å². The first kappa shape index (κ1) is 20.9. The van der Waals surface area contributed by atoms with Gasteiger partial charge in [-0.15, -0.1) is 0 Å². The summed E-state index contributed by atoms with van der Waals surface area (Å²) in [5.41, 5.74) is 6.22. The molecule has 5 heteroatoms. The van der Waals surface area contributed by atoms with Crippen LogP contribution >= 0.6 is 12.2 Å². The van der Waals surface area contributed by atoms with Crippen molar-refractivity contribution in [1.82, 2.24) is 15.2 Å². The molecule has 1 N–H and O–H groups in total. The molecule has 4 rings (SSSR count). The maximum absolute atomic E-state index is 5.77. The van der Waals surface area contributed by atoms with Crippen LogP contribution in [0.5, 0.6) is 0 Å². The lowest BCUT2D eigenvalue weighted by molar-refractivity contribution is 0.287. The van der Waals surface area contributed by atoms with E-state index in [9.17, 15) is 0 Å². The molecule has 1 aromatic heterocycles. The zero-order valence-corrected chi connectivity index (χ0v) is 19.6. The largest absolute Gasteiger partial charge is 0.366 e. The SMILES string of the molecule is CC1=CC(C)(C)N(C)c2ccc(C3C(c4ccccn4)NC(=S)N3CC(C)C)cc21. The number of benzene rings is 1. The summed E-state index contributed by atoms with van der Waals surface area (Å²) in [6, 6.07) is 13.2. The molecule has 0 spiro atoms. The predicted molar refractivity (Wildman–Crippen MR) is 130 cm³/mol. The molecule has 1 saturated heterocycles. The number of pyridine rings is 1. The Hall–Kier alpha value is -2.40. The highest BCUT2D eigenvalue weighted by atomic mass is 32.1. The van der Waals surface area contributed by atoms with E-state index in [0.29, 0.717) is 5.92 Å². The Morgan fingerprint density at radius 3 is 2.63 bits per heavy atom. The van der Waals surface area contributed by atoms with Crippen LogP contribution in [0.25, 0.3) is 5.57 Å². The van der Waals surface area contributed by atoms with Gasteiger partial charge < -0.3 is 15.1 Å². The van der Waals surface area contributed by atoms with Crippen molar-refractivity contribution in [2.45, 2.75) is 52.2 Å². The Labute approximate surface area is 186 Å². The van der Waals surface area contributed by atoms with Crippen molar-refractivity contribution in [1.29, 1.82) is 0 Å². The molecular weight excluding hydrogens is 388 g/mol. The van der Waals surface area contributed by atoms with E-state index < -0.39 is 0 Å². The summed E-state index contributed by atoms with van der Waals surface area (Å²) >= 11 is 5.77. The Kier molecular flexibility index (Phi) is 5.35. The zero-order valence-electron chi connectivity index (χ0n) is 18.8. The van der Waals surface area contributed by atoms with Gasteiger partial charge in [0.05, 0.1) is 23.3 Å². The number of nitrogens with one attached hydrogen (secondary N) is 1. The minimum absolute atomic E-state index is 0.00918. The quantitative estimate of drug-likeness (QED) is 0.675. The van der Waals surface area contributed by atoms with Crippen molar-refractivity contribution in [3.63, 3.8) is 0 Å². The lowest BCUT2D eigenvalue weighted by atomic mass is 9.86. The summed E-state index contributed by atoms with van der Waals surface area (Å²) in [5.74, 6) is 0.515. The maximum Gasteiger partial charge on any atom is 0.170 e. The second kappa shape index (κ2) is 7.69. The number of aromatic nitrogens is 1. The summed E-state index contributed by atoms with van der Waals surface area (Å²) in [5, 5.41) is 4.37. The van der Waals surface area contributed by atoms with Gasteiger partial charge in [-0.2, -0.15) is 0 Å². The molecule has 0 saturated carbocycles. The van der Waals surface area contributed by atoms with Gasteiger partial charge >= 0.3 is 0 Å². The summed E-state index contributed by atoms with van der Waals surface area (Å²) in [7, 11) is 2.18. The molecule has 2 atom stereocenters. The van der Waals surface area contributed by atoms with Crippen molar-refractivity contribution < 1.29 is 0 Å². The number of fused-ring (bicyclic) bond motifs is 1. The highest BCUT2D eigenvalue weighted by molar-refractivity contribution is 7.80. The fourth-order valence-electron chi connectivity index (χ4n) is 4.72. The lowest BCUT2D eigenvalue weighted by Crippen LogP contribution is -2.42. The summed E-state index contributed by atoms with van der Waals surface area (Å²) in [4.78, 5) is 9.35. The van der Waals surface area contributed by atoms with Crippen LogP contribution in [0, 0.1) is 5.92 Å². The van der Waals surface area contributed by atoms with E-state index in [1.807, 2.05) is 18.3 Å². The van der Waals surface area contributed by atoms with Crippen LogP contribution in [0.1, 0.15) is 63.5 Å². The molecule has 2 aliphatic heterocycles. The first-order valence-corrected chi connectivity index (χ1v) is 11.2. The van der Waals surface area contributed by atoms with Crippen LogP contribution in [-0.4, -0.2) is 34.1 Å². The van der Waals surface area contributed by atoms with E-state index in [4.69, 9.17) is 12.2 Å². The van der Waals surface area contributed by atoms with Crippen LogP contribution in [0.4, 0.5) is 5.69 Å². The normalized spacial score (nSPS) is 22.8. The molecular formula is C25H32N4S. The van der Waals surface area contributed by atoms with Crippen molar-refractivity contribution in [3.05, 3.63) is 65.5 Å². The van der Waals surface area contributed by atoms with Crippen molar-refractivity contribution in [3.8, 4) is 0 Å². The van der Waals surface area contributed by atoms with E-state index in [0.717, 1.165) is 17.4 Å². The van der Waals surface area contributed by atoms with Gasteiger partial charge in [0.25, 0.3) is 0 Å². The topological polar surface area (TPSA) is 31.4 Å². The van der Waals surface area contributed by atoms with Gasteiger partial charge in [0, 0.05) is 31.0 Å². The molecule has 0 bridgehead atoms. The summed E-state index contributed by atoms with van der Waals surface area (Å²) in [6.07, 6.45) is 4.22. The van der Waals surface area contributed by atoms with E-state index in [1.54, 1.807) is 0 Å². The van der Waals surface area contributed by atoms with Crippen LogP contribution in [0.15, 0.2) is 48.7 Å². The van der Waals surface area contributed by atoms with Gasteiger partial charge in [-0.3, -0.25) is 4.98 Å². The molecule has 0 aliphatic carbocycles. The minimum Gasteiger partial charge on any atom is -0.366 e. The average Bonchev–Trinajstić information content (AvgIpc) is 3.02. The molecule has 3 heterocycles. The van der Waals surface area contributed by atoms with Gasteiger partial charge in [-0.25, -0.2) is 0 Å². The molecule has 1 aromatic carbocycles. The average molecular weight is 421 g/mol. The number of hydrogen-bond donors (Lipinski definition) is 1. The zero-order chi connectivity index (χ0) is 21.6. The maximum atomic E-state index is 5.77. The Bertz CT molecular complexity index is 980. The van der Waals surface area contributed by atoms with Gasteiger partial charge in [-0.05, 0) is 74.3 Å². The van der Waals surface area contributed by atoms with Crippen molar-refractivity contribution in [2.24, 2.45) is 5.92 Å². The second-order valence-corrected chi connectivity index (χ2v) is 9.88. The van der Waals surface area contributed by atoms with Gasteiger partial charge in [-0.1, -0.05) is 32.1 Å². The van der Waals surface area contributed by atoms with E-state index in [-0.39, 0.29) is 17.6 Å². The third kappa shape index (κ3) is 3.60. The third-order valence-corrected chi connectivity index (χ3v) is 6.69. The number of nitrogens with zero attached hydrogens (tertiary/aromatic N) is 3. The first-order chi connectivity index (χ1) is 14.2. The molecule has 2 unspecified atom stereocenters. The molecule has 158 valence electrons. The van der Waals surface area contributed by atoms with Crippen LogP contribution in [-0.2, 0) is 0 Å². The van der Waals surface area contributed by atoms with Gasteiger partial charge in [0.2, 0.25) is 0 Å². The highest BCUT2D eigenvalue weighted by Gasteiger charge is 2.40. The highest BCUT2D eigenvalue weighted by Crippen LogP contribution is 2.43. The number of allylic oxidation sites excluding steroid dienone is 1. The summed E-state index contributed by atoms with van der Waals surface area (Å²) in [6.45, 7) is 12.1. The number of likely N-dealkylation sites (N-methyl/N-ethyl adjacent to an activating group) is 1. The van der Waals surface area contributed by atoms with E-state index >= 15 is 0 Å². The minimum atomic E-state index is 0.00918. The second-order valence-electron chi connectivity index (χ2n) is 9.49. The first-order valence-electron chi connectivity index (χ1n) is 10.7. The smallest absolute Gasteiger partial charge is 0.170 e. The Morgan fingerprint density at radius 2 is 1.97 bits per heavy atom. The number of anilines is 1. The predicted octanol–water partition coefficient (Wildman–Crippen LogP) is 5.34. The van der Waals surface area contributed by atoms with E-state index in [2.05, 4.69) is 92.1 Å². The molecule has 2 aliphatic rings. The van der Waals surface area contributed by atoms with Crippen LogP contribution in [0.3, 0.4) is 0 Å². The number of hydrogen-bond acceptors (Lipinski definition) is 3. The standard InChI is InChI=1S/C25H32N4S/c1-16(2)15-29-23(22(27-24(29)30)20-9-7-8-12-26-20)18-10-11-21-19(13-18)17(3)14-25(4,5)28(21)6/h7-14,16,22-23H,15H2,1-6H3,(H,27,30). The lowest BCUT2D eigenvalue weighted by Gasteiger charge is -2.41. The summed E-state index contributed by atoms with van der Waals surface area (Å²) < 4.78 is 0. The van der Waals surface area contributed by atoms with Crippen molar-refractivity contribution in [2.75, 3.05) is 18.5 Å². The Balaban J connectivity index is 1.81. The van der Waals surface area contributed by atoms with E-state index in [1.165, 1.54) is 22.4 Å². The number of thiocarbonyl (C=S) groups is 1. The van der Waals surface area contributed by atoms with Gasteiger partial charge in [0.15, 0.2) is 5.11 Å². The molecule has 4 nitrogen and oxygen atoms in total. The Morgan fingerprint density at radius 1 is 1.20 bits per heavy atom. The van der Waals surface area contributed by atoms with Gasteiger partial charge in [0.1, 0.15) is 0 Å². The fourth-order valence-corrected chi connectivity index (χ4v) is 5.03. The molecule has 2 aromatic rings. The van der Waals surface area contributed by atoms with Crippen molar-refractivity contribution >= 4 is 28.6 Å². The molecule has 0 amide bonds. The number of rotatable bonds is 4. The fraction of sp³-hybridized carbons (Fsp3) is 0.440. The third-order valence-electron chi connectivity index (χ3n) is 6.34. The molecule has 30 heavy (non-hydrogen) atoms. The monoisotopic (exact) mass is 420 g/mol. The van der Waals surface area contributed by atoms with Crippen LogP contribution in [0.2, 0.25) is 0 Å². The molecule has 1 fully saturated rings. The molecule has 0 radical (unpaired) electrons.